The van der Waals surface area contributed by atoms with Crippen LogP contribution in [0.15, 0.2) is 23.6 Å². The van der Waals surface area contributed by atoms with Gasteiger partial charge in [-0.3, -0.25) is 0 Å². The van der Waals surface area contributed by atoms with Crippen LogP contribution in [0.5, 0.6) is 0 Å². The highest BCUT2D eigenvalue weighted by atomic mass is 28.4. The Labute approximate surface area is 158 Å². The van der Waals surface area contributed by atoms with E-state index in [9.17, 15) is 0 Å². The molecular formula is C19H40O4Si2. The van der Waals surface area contributed by atoms with Crippen LogP contribution in [0.2, 0.25) is 5.16 Å². The molecule has 4 nitrogen and oxygen atoms in total. The predicted octanol–water partition coefficient (Wildman–Crippen LogP) is 5.35. The van der Waals surface area contributed by atoms with Crippen molar-refractivity contribution in [2.45, 2.75) is 70.9 Å². The van der Waals surface area contributed by atoms with E-state index in [2.05, 4.69) is 44.3 Å². The molecule has 0 aliphatic rings. The van der Waals surface area contributed by atoms with Crippen molar-refractivity contribution in [2.75, 3.05) is 28.4 Å². The molecule has 0 unspecified atom stereocenters. The highest BCUT2D eigenvalue weighted by Crippen LogP contribution is 2.38. The van der Waals surface area contributed by atoms with E-state index in [1.54, 1.807) is 28.4 Å². The van der Waals surface area contributed by atoms with Crippen LogP contribution in [-0.2, 0) is 17.7 Å². The van der Waals surface area contributed by atoms with Crippen LogP contribution in [0.1, 0.15) is 65.7 Å². The summed E-state index contributed by atoms with van der Waals surface area (Å²) in [6.07, 6.45) is 12.2. The van der Waals surface area contributed by atoms with Gasteiger partial charge in [0.15, 0.2) is 0 Å². The molecule has 0 saturated carbocycles. The zero-order chi connectivity index (χ0) is 19.2. The van der Waals surface area contributed by atoms with Crippen LogP contribution in [0.25, 0.3) is 0 Å². The maximum absolute atomic E-state index is 6.03. The van der Waals surface area contributed by atoms with Gasteiger partial charge >= 0.3 is 17.1 Å². The van der Waals surface area contributed by atoms with E-state index in [-0.39, 0.29) is 5.16 Å². The van der Waals surface area contributed by atoms with Crippen molar-refractivity contribution < 1.29 is 17.7 Å². The van der Waals surface area contributed by atoms with E-state index < -0.39 is 17.1 Å². The second-order valence-corrected chi connectivity index (χ2v) is 13.5. The van der Waals surface area contributed by atoms with Gasteiger partial charge in [0.05, 0.1) is 5.16 Å². The number of hydrogen-bond donors (Lipinski definition) is 0. The first-order valence-corrected chi connectivity index (χ1v) is 13.6. The van der Waals surface area contributed by atoms with Gasteiger partial charge in [-0.05, 0) is 30.7 Å². The lowest BCUT2D eigenvalue weighted by atomic mass is 10.2. The summed E-state index contributed by atoms with van der Waals surface area (Å²) >= 11 is 0. The molecule has 0 rings (SSSR count). The summed E-state index contributed by atoms with van der Waals surface area (Å²) in [5, 5.41) is 0.126. The molecule has 0 N–H and O–H groups in total. The highest BCUT2D eigenvalue weighted by molar-refractivity contribution is 6.92. The number of hydrogen-bond acceptors (Lipinski definition) is 4. The Bertz CT molecular complexity index is 344. The summed E-state index contributed by atoms with van der Waals surface area (Å²) in [6.45, 7) is 6.58. The molecule has 0 amide bonds. The molecule has 6 heteroatoms. The monoisotopic (exact) mass is 388 g/mol. The summed E-state index contributed by atoms with van der Waals surface area (Å²) in [7, 11) is 1.85. The summed E-state index contributed by atoms with van der Waals surface area (Å²) < 4.78 is 24.1. The molecular weight excluding hydrogens is 348 g/mol. The van der Waals surface area contributed by atoms with Crippen molar-refractivity contribution in [1.82, 2.24) is 0 Å². The lowest BCUT2D eigenvalue weighted by Gasteiger charge is -2.40. The Kier molecular flexibility index (Phi) is 13.8. The first kappa shape index (κ1) is 24.8. The van der Waals surface area contributed by atoms with Gasteiger partial charge in [-0.15, -0.1) is 0 Å². The number of unbranched alkanes of at least 4 members (excludes halogenated alkanes) is 4. The van der Waals surface area contributed by atoms with Gasteiger partial charge in [0.2, 0.25) is 0 Å². The minimum Gasteiger partial charge on any atom is -0.395 e. The summed E-state index contributed by atoms with van der Waals surface area (Å²) in [6, 6.07) is 0. The fourth-order valence-electron chi connectivity index (χ4n) is 3.23. The molecule has 0 aliphatic heterocycles. The Morgan fingerprint density at radius 1 is 0.680 bits per heavy atom. The van der Waals surface area contributed by atoms with Crippen molar-refractivity contribution >= 4 is 17.1 Å². The fourth-order valence-corrected chi connectivity index (χ4v) is 12.1. The average Bonchev–Trinajstić information content (AvgIpc) is 2.66. The van der Waals surface area contributed by atoms with E-state index >= 15 is 0 Å². The van der Waals surface area contributed by atoms with E-state index in [1.807, 2.05) is 0 Å². The van der Waals surface area contributed by atoms with Gasteiger partial charge < -0.3 is 17.7 Å². The van der Waals surface area contributed by atoms with E-state index in [0.717, 1.165) is 19.3 Å². The SMILES string of the molecule is CCCCC=C[Si](OC)(OC)C(CC)[Si](C=CCCCC)(OC)OC. The summed E-state index contributed by atoms with van der Waals surface area (Å²) in [4.78, 5) is 0. The Morgan fingerprint density at radius 2 is 1.04 bits per heavy atom. The molecule has 0 aromatic heterocycles. The molecule has 0 atom stereocenters. The standard InChI is InChI=1S/C19H40O4Si2/c1-8-11-13-15-17-24(20-4,21-5)19(10-3)25(22-6,23-7)18-16-14-12-9-2/h15-19H,8-14H2,1-7H3. The van der Waals surface area contributed by atoms with E-state index in [4.69, 9.17) is 17.7 Å². The van der Waals surface area contributed by atoms with Crippen molar-refractivity contribution in [1.29, 1.82) is 0 Å². The molecule has 25 heavy (non-hydrogen) atoms. The van der Waals surface area contributed by atoms with Crippen LogP contribution < -0.4 is 0 Å². The third kappa shape index (κ3) is 7.11. The number of rotatable bonds is 15. The molecule has 0 aliphatic carbocycles. The molecule has 0 fully saturated rings. The van der Waals surface area contributed by atoms with Crippen molar-refractivity contribution in [2.24, 2.45) is 0 Å². The minimum absolute atomic E-state index is 0.126. The highest BCUT2D eigenvalue weighted by Gasteiger charge is 2.56. The first-order valence-electron chi connectivity index (χ1n) is 9.62. The molecule has 0 radical (unpaired) electrons. The van der Waals surface area contributed by atoms with E-state index in [1.165, 1.54) is 25.7 Å². The van der Waals surface area contributed by atoms with Crippen molar-refractivity contribution in [3.8, 4) is 0 Å². The van der Waals surface area contributed by atoms with Gasteiger partial charge in [-0.2, -0.15) is 0 Å². The molecule has 0 bridgehead atoms. The molecule has 0 heterocycles. The molecule has 148 valence electrons. The third-order valence-electron chi connectivity index (χ3n) is 4.80. The van der Waals surface area contributed by atoms with Crippen LogP contribution >= 0.6 is 0 Å². The van der Waals surface area contributed by atoms with Crippen molar-refractivity contribution in [3.63, 3.8) is 0 Å². The average molecular weight is 389 g/mol. The molecule has 0 spiro atoms. The largest absolute Gasteiger partial charge is 0.395 e. The number of allylic oxidation sites excluding steroid dienone is 2. The quantitative estimate of drug-likeness (QED) is 0.280. The predicted molar refractivity (Wildman–Crippen MR) is 111 cm³/mol. The third-order valence-corrected chi connectivity index (χ3v) is 13.9. The lowest BCUT2D eigenvalue weighted by Crippen LogP contribution is -2.58. The van der Waals surface area contributed by atoms with Crippen LogP contribution in [0.4, 0.5) is 0 Å². The van der Waals surface area contributed by atoms with Gasteiger partial charge in [0, 0.05) is 28.4 Å². The molecule has 0 saturated heterocycles. The second kappa shape index (κ2) is 13.9. The van der Waals surface area contributed by atoms with Gasteiger partial charge in [0.1, 0.15) is 0 Å². The molecule has 0 aromatic carbocycles. The summed E-state index contributed by atoms with van der Waals surface area (Å²) in [5.41, 5.74) is 4.38. The zero-order valence-electron chi connectivity index (χ0n) is 17.5. The second-order valence-electron chi connectivity index (χ2n) is 6.31. The van der Waals surface area contributed by atoms with E-state index in [0.29, 0.717) is 0 Å². The topological polar surface area (TPSA) is 36.9 Å². The van der Waals surface area contributed by atoms with Gasteiger partial charge in [-0.1, -0.05) is 58.6 Å². The maximum atomic E-state index is 6.03. The van der Waals surface area contributed by atoms with Crippen LogP contribution in [-0.4, -0.2) is 45.6 Å². The first-order chi connectivity index (χ1) is 12.1. The Balaban J connectivity index is 5.69. The lowest BCUT2D eigenvalue weighted by molar-refractivity contribution is 0.215. The van der Waals surface area contributed by atoms with Gasteiger partial charge in [-0.25, -0.2) is 0 Å². The normalized spacial score (nSPS) is 14.7. The maximum Gasteiger partial charge on any atom is 0.369 e. The van der Waals surface area contributed by atoms with Gasteiger partial charge in [0.25, 0.3) is 0 Å². The smallest absolute Gasteiger partial charge is 0.369 e. The van der Waals surface area contributed by atoms with Crippen molar-refractivity contribution in [3.05, 3.63) is 23.6 Å². The van der Waals surface area contributed by atoms with Crippen LogP contribution in [0.3, 0.4) is 0 Å². The Hall–Kier alpha value is -0.246. The molecule has 0 aromatic rings. The summed E-state index contributed by atoms with van der Waals surface area (Å²) in [5.74, 6) is 0. The zero-order valence-corrected chi connectivity index (χ0v) is 19.5. The minimum atomic E-state index is -2.59. The fraction of sp³-hybridized carbons (Fsp3) is 0.789. The van der Waals surface area contributed by atoms with Crippen LogP contribution in [0, 0.1) is 0 Å². The Morgan fingerprint density at radius 3 is 1.28 bits per heavy atom.